The molecule has 1 saturated carbocycles. The molecule has 92 valence electrons. The van der Waals surface area contributed by atoms with Crippen molar-refractivity contribution >= 4 is 23.2 Å². The van der Waals surface area contributed by atoms with Crippen molar-refractivity contribution in [2.45, 2.75) is 25.2 Å². The Kier molecular flexibility index (Phi) is 2.89. The molecule has 17 heavy (non-hydrogen) atoms. The van der Waals surface area contributed by atoms with Crippen LogP contribution in [0.2, 0.25) is 10.0 Å². The van der Waals surface area contributed by atoms with E-state index in [0.29, 0.717) is 15.5 Å². The third-order valence-corrected chi connectivity index (χ3v) is 4.99. The van der Waals surface area contributed by atoms with E-state index in [2.05, 4.69) is 24.0 Å². The van der Waals surface area contributed by atoms with Gasteiger partial charge in [-0.1, -0.05) is 36.2 Å². The Balaban J connectivity index is 1.83. The molecule has 0 unspecified atom stereocenters. The number of fused-ring (bicyclic) bond motifs is 1. The van der Waals surface area contributed by atoms with E-state index in [1.165, 1.54) is 38.0 Å². The second-order valence-electron chi connectivity index (χ2n) is 5.42. The largest absolute Gasteiger partial charge is 0.302 e. The van der Waals surface area contributed by atoms with Gasteiger partial charge in [0.15, 0.2) is 0 Å². The smallest absolute Gasteiger partial charge is 0.0595 e. The standard InChI is InChI=1S/C14H17Cl2N/c1-2-5-17-8-11-7-14(11,9-17)10-3-4-12(15)13(16)6-10/h3-4,6,11H,2,5,7-9H2,1H3/t11-,14+/m1/s1. The molecule has 0 bridgehead atoms. The van der Waals surface area contributed by atoms with Gasteiger partial charge >= 0.3 is 0 Å². The van der Waals surface area contributed by atoms with Crippen molar-refractivity contribution in [3.63, 3.8) is 0 Å². The summed E-state index contributed by atoms with van der Waals surface area (Å²) in [7, 11) is 0. The Bertz CT molecular complexity index is 446. The zero-order valence-corrected chi connectivity index (χ0v) is 11.6. The monoisotopic (exact) mass is 269 g/mol. The minimum Gasteiger partial charge on any atom is -0.302 e. The highest BCUT2D eigenvalue weighted by atomic mass is 35.5. The number of piperidine rings is 1. The Labute approximate surface area is 113 Å². The summed E-state index contributed by atoms with van der Waals surface area (Å²) in [6.07, 6.45) is 2.56. The average molecular weight is 270 g/mol. The van der Waals surface area contributed by atoms with Crippen LogP contribution in [-0.4, -0.2) is 24.5 Å². The van der Waals surface area contributed by atoms with Crippen LogP contribution in [0.15, 0.2) is 18.2 Å². The fourth-order valence-corrected chi connectivity index (χ4v) is 3.62. The van der Waals surface area contributed by atoms with Gasteiger partial charge in [0.05, 0.1) is 10.0 Å². The molecule has 2 atom stereocenters. The second kappa shape index (κ2) is 4.15. The zero-order valence-electron chi connectivity index (χ0n) is 10.0. The van der Waals surface area contributed by atoms with Gasteiger partial charge in [0.2, 0.25) is 0 Å². The lowest BCUT2D eigenvalue weighted by atomic mass is 9.95. The average Bonchev–Trinajstić information content (AvgIpc) is 2.87. The van der Waals surface area contributed by atoms with Gasteiger partial charge in [-0.15, -0.1) is 0 Å². The molecular weight excluding hydrogens is 253 g/mol. The fraction of sp³-hybridized carbons (Fsp3) is 0.571. The maximum Gasteiger partial charge on any atom is 0.0595 e. The quantitative estimate of drug-likeness (QED) is 0.803. The molecule has 3 rings (SSSR count). The summed E-state index contributed by atoms with van der Waals surface area (Å²) < 4.78 is 0. The summed E-state index contributed by atoms with van der Waals surface area (Å²) >= 11 is 12.1. The van der Waals surface area contributed by atoms with Gasteiger partial charge in [0.1, 0.15) is 0 Å². The third-order valence-electron chi connectivity index (χ3n) is 4.25. The van der Waals surface area contributed by atoms with Crippen LogP contribution in [0.25, 0.3) is 0 Å². The summed E-state index contributed by atoms with van der Waals surface area (Å²) in [4.78, 5) is 2.58. The van der Waals surface area contributed by atoms with Crippen molar-refractivity contribution in [2.24, 2.45) is 5.92 Å². The van der Waals surface area contributed by atoms with Crippen LogP contribution in [-0.2, 0) is 5.41 Å². The molecule has 0 spiro atoms. The van der Waals surface area contributed by atoms with Crippen LogP contribution in [0.3, 0.4) is 0 Å². The van der Waals surface area contributed by atoms with E-state index in [1.54, 1.807) is 0 Å². The molecule has 1 heterocycles. The van der Waals surface area contributed by atoms with Crippen molar-refractivity contribution in [3.05, 3.63) is 33.8 Å². The second-order valence-corrected chi connectivity index (χ2v) is 6.24. The van der Waals surface area contributed by atoms with Gasteiger partial charge in [-0.3, -0.25) is 0 Å². The van der Waals surface area contributed by atoms with Gasteiger partial charge in [0.25, 0.3) is 0 Å². The SMILES string of the molecule is CCCN1C[C@H]2C[C@@]2(c2ccc(Cl)c(Cl)c2)C1. The first-order valence-corrected chi connectivity index (χ1v) is 7.09. The highest BCUT2D eigenvalue weighted by Crippen LogP contribution is 2.59. The number of halogens is 2. The van der Waals surface area contributed by atoms with Crippen molar-refractivity contribution in [3.8, 4) is 0 Å². The van der Waals surface area contributed by atoms with Crippen molar-refractivity contribution in [2.75, 3.05) is 19.6 Å². The van der Waals surface area contributed by atoms with Gasteiger partial charge in [0, 0.05) is 18.5 Å². The predicted octanol–water partition coefficient (Wildman–Crippen LogP) is 3.98. The van der Waals surface area contributed by atoms with E-state index in [9.17, 15) is 0 Å². The normalized spacial score (nSPS) is 31.6. The molecule has 0 radical (unpaired) electrons. The van der Waals surface area contributed by atoms with E-state index in [-0.39, 0.29) is 0 Å². The van der Waals surface area contributed by atoms with Gasteiger partial charge in [-0.05, 0) is 43.0 Å². The summed E-state index contributed by atoms with van der Waals surface area (Å²) in [5.41, 5.74) is 1.78. The third kappa shape index (κ3) is 1.89. The predicted molar refractivity (Wildman–Crippen MR) is 73.0 cm³/mol. The first-order valence-electron chi connectivity index (χ1n) is 6.33. The maximum atomic E-state index is 6.12. The number of nitrogens with zero attached hydrogens (tertiary/aromatic N) is 1. The van der Waals surface area contributed by atoms with Crippen LogP contribution < -0.4 is 0 Å². The minimum atomic E-state index is 0.392. The number of hydrogen-bond donors (Lipinski definition) is 0. The molecule has 0 N–H and O–H groups in total. The molecule has 1 aromatic rings. The summed E-state index contributed by atoms with van der Waals surface area (Å²) in [5, 5.41) is 1.35. The Morgan fingerprint density at radius 1 is 1.35 bits per heavy atom. The van der Waals surface area contributed by atoms with Gasteiger partial charge in [-0.25, -0.2) is 0 Å². The molecule has 1 nitrogen and oxygen atoms in total. The lowest BCUT2D eigenvalue weighted by molar-refractivity contribution is 0.299. The zero-order chi connectivity index (χ0) is 12.0. The van der Waals surface area contributed by atoms with Crippen LogP contribution in [0.1, 0.15) is 25.3 Å². The van der Waals surface area contributed by atoms with E-state index >= 15 is 0 Å². The summed E-state index contributed by atoms with van der Waals surface area (Å²) in [5.74, 6) is 0.839. The lowest BCUT2D eigenvalue weighted by Gasteiger charge is -2.20. The molecule has 0 amide bonds. The Hall–Kier alpha value is -0.240. The minimum absolute atomic E-state index is 0.392. The fourth-order valence-electron chi connectivity index (χ4n) is 3.33. The van der Waals surface area contributed by atoms with Gasteiger partial charge in [-0.2, -0.15) is 0 Å². The molecule has 0 aromatic heterocycles. The highest BCUT2D eigenvalue weighted by molar-refractivity contribution is 6.42. The van der Waals surface area contributed by atoms with Gasteiger partial charge < -0.3 is 4.90 Å². The van der Waals surface area contributed by atoms with E-state index in [1.807, 2.05) is 6.07 Å². The molecule has 2 aliphatic rings. The van der Waals surface area contributed by atoms with E-state index < -0.39 is 0 Å². The highest BCUT2D eigenvalue weighted by Gasteiger charge is 2.60. The number of benzene rings is 1. The topological polar surface area (TPSA) is 3.24 Å². The van der Waals surface area contributed by atoms with Crippen LogP contribution >= 0.6 is 23.2 Å². The van der Waals surface area contributed by atoms with E-state index in [4.69, 9.17) is 23.2 Å². The molecule has 1 aromatic carbocycles. The number of rotatable bonds is 3. The number of hydrogen-bond acceptors (Lipinski definition) is 1. The maximum absolute atomic E-state index is 6.12. The molecule has 1 aliphatic heterocycles. The molecular formula is C14H17Cl2N. The molecule has 2 fully saturated rings. The summed E-state index contributed by atoms with van der Waals surface area (Å²) in [6.45, 7) is 5.92. The molecule has 3 heteroatoms. The first kappa shape index (κ1) is 11.8. The van der Waals surface area contributed by atoms with Crippen LogP contribution in [0.5, 0.6) is 0 Å². The van der Waals surface area contributed by atoms with E-state index in [0.717, 1.165) is 5.92 Å². The number of likely N-dealkylation sites (tertiary alicyclic amines) is 1. The first-order chi connectivity index (χ1) is 8.15. The van der Waals surface area contributed by atoms with Crippen molar-refractivity contribution in [1.82, 2.24) is 4.90 Å². The summed E-state index contributed by atoms with van der Waals surface area (Å²) in [6, 6.07) is 6.16. The molecule has 1 aliphatic carbocycles. The Morgan fingerprint density at radius 3 is 2.88 bits per heavy atom. The molecule has 1 saturated heterocycles. The van der Waals surface area contributed by atoms with Crippen LogP contribution in [0, 0.1) is 5.92 Å². The van der Waals surface area contributed by atoms with Crippen molar-refractivity contribution < 1.29 is 0 Å². The van der Waals surface area contributed by atoms with Crippen LogP contribution in [0.4, 0.5) is 0 Å². The Morgan fingerprint density at radius 2 is 2.18 bits per heavy atom. The van der Waals surface area contributed by atoms with Crippen molar-refractivity contribution in [1.29, 1.82) is 0 Å². The lowest BCUT2D eigenvalue weighted by Crippen LogP contribution is -2.27.